The van der Waals surface area contributed by atoms with Crippen molar-refractivity contribution >= 4 is 17.5 Å². The summed E-state index contributed by atoms with van der Waals surface area (Å²) in [6.45, 7) is 3.59. The quantitative estimate of drug-likeness (QED) is 0.417. The van der Waals surface area contributed by atoms with Crippen molar-refractivity contribution in [2.75, 3.05) is 6.61 Å². The van der Waals surface area contributed by atoms with Crippen LogP contribution in [-0.2, 0) is 17.4 Å². The molecule has 2 heterocycles. The van der Waals surface area contributed by atoms with Crippen molar-refractivity contribution in [2.24, 2.45) is 5.92 Å². The van der Waals surface area contributed by atoms with E-state index in [-0.39, 0.29) is 30.4 Å². The molecule has 3 unspecified atom stereocenters. The van der Waals surface area contributed by atoms with E-state index in [4.69, 9.17) is 16.3 Å². The molecule has 3 aromatic rings. The smallest absolute Gasteiger partial charge is 0.417 e. The van der Waals surface area contributed by atoms with Gasteiger partial charge in [-0.15, -0.1) is 0 Å². The van der Waals surface area contributed by atoms with Gasteiger partial charge in [0.05, 0.1) is 11.5 Å². The van der Waals surface area contributed by atoms with Crippen molar-refractivity contribution in [3.05, 3.63) is 88.8 Å². The summed E-state index contributed by atoms with van der Waals surface area (Å²) in [5.74, 6) is -0.791. The molecule has 0 saturated heterocycles. The van der Waals surface area contributed by atoms with E-state index < -0.39 is 17.7 Å². The van der Waals surface area contributed by atoms with Crippen molar-refractivity contribution < 1.29 is 22.7 Å². The van der Waals surface area contributed by atoms with Crippen LogP contribution in [0.4, 0.5) is 13.2 Å². The average molecular weight is 492 g/mol. The van der Waals surface area contributed by atoms with Gasteiger partial charge in [0.15, 0.2) is 0 Å². The minimum Gasteiger partial charge on any atom is -0.477 e. The number of carbonyl (C=O) groups is 1. The van der Waals surface area contributed by atoms with E-state index in [1.54, 1.807) is 19.3 Å². The Bertz CT molecular complexity index is 1060. The van der Waals surface area contributed by atoms with Gasteiger partial charge >= 0.3 is 6.18 Å². The normalized spacial score (nSPS) is 14.2. The fourth-order valence-electron chi connectivity index (χ4n) is 3.44. The highest BCUT2D eigenvalue weighted by atomic mass is 35.5. The third-order valence-electron chi connectivity index (χ3n) is 5.45. The lowest BCUT2D eigenvalue weighted by Gasteiger charge is -2.27. The number of pyridine rings is 2. The van der Waals surface area contributed by atoms with Crippen LogP contribution in [0.1, 0.15) is 36.5 Å². The molecule has 3 rings (SSSR count). The van der Waals surface area contributed by atoms with E-state index in [0.717, 1.165) is 23.3 Å². The van der Waals surface area contributed by atoms with Gasteiger partial charge in [-0.25, -0.2) is 4.98 Å². The highest BCUT2D eigenvalue weighted by Crippen LogP contribution is 2.29. The molecule has 2 aromatic heterocycles. The van der Waals surface area contributed by atoms with Gasteiger partial charge in [-0.3, -0.25) is 9.78 Å². The van der Waals surface area contributed by atoms with Crippen LogP contribution in [0.3, 0.4) is 0 Å². The van der Waals surface area contributed by atoms with Crippen LogP contribution in [0.25, 0.3) is 0 Å². The van der Waals surface area contributed by atoms with Crippen molar-refractivity contribution in [3.8, 4) is 5.88 Å². The lowest BCUT2D eigenvalue weighted by Crippen LogP contribution is -2.42. The van der Waals surface area contributed by atoms with E-state index in [9.17, 15) is 18.0 Å². The first kappa shape index (κ1) is 25.5. The van der Waals surface area contributed by atoms with E-state index in [0.29, 0.717) is 17.6 Å². The molecule has 0 aliphatic carbocycles. The summed E-state index contributed by atoms with van der Waals surface area (Å²) in [4.78, 5) is 20.7. The largest absolute Gasteiger partial charge is 0.477 e. The van der Waals surface area contributed by atoms with Crippen LogP contribution >= 0.6 is 11.6 Å². The van der Waals surface area contributed by atoms with Crippen molar-refractivity contribution in [1.82, 2.24) is 15.3 Å². The predicted molar refractivity (Wildman–Crippen MR) is 124 cm³/mol. The van der Waals surface area contributed by atoms with Crippen LogP contribution in [-0.4, -0.2) is 28.5 Å². The van der Waals surface area contributed by atoms with Crippen LogP contribution in [0.5, 0.6) is 5.88 Å². The molecule has 0 spiro atoms. The van der Waals surface area contributed by atoms with Crippen LogP contribution in [0.15, 0.2) is 67.1 Å². The maximum Gasteiger partial charge on any atom is 0.417 e. The van der Waals surface area contributed by atoms with Crippen molar-refractivity contribution in [2.45, 2.75) is 38.4 Å². The number of benzene rings is 1. The number of amides is 1. The third kappa shape index (κ3) is 7.18. The molecule has 0 aliphatic heterocycles. The van der Waals surface area contributed by atoms with Crippen molar-refractivity contribution in [1.29, 1.82) is 0 Å². The van der Waals surface area contributed by atoms with Gasteiger partial charge < -0.3 is 10.1 Å². The van der Waals surface area contributed by atoms with Crippen LogP contribution < -0.4 is 10.1 Å². The Morgan fingerprint density at radius 1 is 1.09 bits per heavy atom. The molecule has 180 valence electrons. The van der Waals surface area contributed by atoms with Gasteiger partial charge in [0.1, 0.15) is 6.61 Å². The van der Waals surface area contributed by atoms with E-state index in [1.165, 1.54) is 0 Å². The zero-order valence-corrected chi connectivity index (χ0v) is 19.5. The second-order valence-corrected chi connectivity index (χ2v) is 8.55. The zero-order chi connectivity index (χ0) is 24.7. The van der Waals surface area contributed by atoms with Gasteiger partial charge in [0.25, 0.3) is 0 Å². The lowest BCUT2D eigenvalue weighted by molar-refractivity contribution is -0.137. The fraction of sp³-hybridized carbons (Fsp3) is 0.320. The Kier molecular flexibility index (Phi) is 8.50. The predicted octanol–water partition coefficient (Wildman–Crippen LogP) is 5.69. The van der Waals surface area contributed by atoms with Gasteiger partial charge in [-0.1, -0.05) is 36.7 Å². The molecule has 9 heteroatoms. The highest BCUT2D eigenvalue weighted by Gasteiger charge is 2.31. The van der Waals surface area contributed by atoms with Gasteiger partial charge in [-0.05, 0) is 48.7 Å². The molecule has 1 amide bonds. The SMILES string of the molecule is CC(COc1ccc(C(F)(F)F)cn1)C(=O)NC(C)C(Cc1ccc(Cl)cc1)c1cccnc1. The Hall–Kier alpha value is -3.13. The highest BCUT2D eigenvalue weighted by molar-refractivity contribution is 6.30. The standard InChI is InChI=1S/C25H25ClF3N3O2/c1-16(15-34-23-10-7-20(14-31-23)25(27,28)29)24(33)32-17(2)22(19-4-3-11-30-13-19)12-18-5-8-21(26)9-6-18/h3-11,13-14,16-17,22H,12,15H2,1-2H3,(H,32,33). The van der Waals surface area contributed by atoms with E-state index in [1.807, 2.05) is 43.3 Å². The number of nitrogens with zero attached hydrogens (tertiary/aromatic N) is 2. The molecule has 3 atom stereocenters. The number of nitrogens with one attached hydrogen (secondary N) is 1. The first-order valence-corrected chi connectivity index (χ1v) is 11.1. The Balaban J connectivity index is 1.61. The Morgan fingerprint density at radius 3 is 2.41 bits per heavy atom. The maximum atomic E-state index is 12.8. The summed E-state index contributed by atoms with van der Waals surface area (Å²) >= 11 is 6.00. The van der Waals surface area contributed by atoms with Gasteiger partial charge in [-0.2, -0.15) is 13.2 Å². The number of hydrogen-bond donors (Lipinski definition) is 1. The number of halogens is 4. The average Bonchev–Trinajstić information content (AvgIpc) is 2.82. The van der Waals surface area contributed by atoms with E-state index in [2.05, 4.69) is 15.3 Å². The number of ether oxygens (including phenoxy) is 1. The molecule has 0 bridgehead atoms. The number of aromatic nitrogens is 2. The summed E-state index contributed by atoms with van der Waals surface area (Å²) in [7, 11) is 0. The maximum absolute atomic E-state index is 12.8. The second kappa shape index (κ2) is 11.3. The minimum absolute atomic E-state index is 0.0222. The van der Waals surface area contributed by atoms with Crippen LogP contribution in [0.2, 0.25) is 5.02 Å². The molecule has 5 nitrogen and oxygen atoms in total. The minimum atomic E-state index is -4.47. The third-order valence-corrected chi connectivity index (χ3v) is 5.70. The summed E-state index contributed by atoms with van der Waals surface area (Å²) in [5, 5.41) is 3.69. The Labute approximate surface area is 201 Å². The molecular weight excluding hydrogens is 467 g/mol. The second-order valence-electron chi connectivity index (χ2n) is 8.12. The van der Waals surface area contributed by atoms with Gasteiger partial charge in [0, 0.05) is 41.6 Å². The topological polar surface area (TPSA) is 64.1 Å². The Morgan fingerprint density at radius 2 is 1.82 bits per heavy atom. The molecular formula is C25H25ClF3N3O2. The summed E-state index contributed by atoms with van der Waals surface area (Å²) in [5.41, 5.74) is 1.20. The number of alkyl halides is 3. The van der Waals surface area contributed by atoms with E-state index >= 15 is 0 Å². The number of carbonyl (C=O) groups excluding carboxylic acids is 1. The summed E-state index contributed by atoms with van der Waals surface area (Å²) in [6, 6.07) is 13.2. The summed E-state index contributed by atoms with van der Waals surface area (Å²) in [6.07, 6.45) is 0.389. The molecule has 0 saturated carbocycles. The first-order valence-electron chi connectivity index (χ1n) is 10.7. The fourth-order valence-corrected chi connectivity index (χ4v) is 3.57. The first-order chi connectivity index (χ1) is 16.1. The molecule has 1 aromatic carbocycles. The van der Waals surface area contributed by atoms with Gasteiger partial charge in [0.2, 0.25) is 11.8 Å². The molecule has 0 fully saturated rings. The number of hydrogen-bond acceptors (Lipinski definition) is 4. The van der Waals surface area contributed by atoms with Crippen LogP contribution in [0, 0.1) is 5.92 Å². The molecule has 0 aliphatic rings. The lowest BCUT2D eigenvalue weighted by atomic mass is 9.87. The number of rotatable bonds is 9. The molecule has 1 N–H and O–H groups in total. The summed E-state index contributed by atoms with van der Waals surface area (Å²) < 4.78 is 43.4. The molecule has 34 heavy (non-hydrogen) atoms. The zero-order valence-electron chi connectivity index (χ0n) is 18.7. The van der Waals surface area contributed by atoms with Crippen molar-refractivity contribution in [3.63, 3.8) is 0 Å². The monoisotopic (exact) mass is 491 g/mol. The molecule has 0 radical (unpaired) electrons.